The maximum atomic E-state index is 6.47. The minimum absolute atomic E-state index is 0.340. The molecule has 0 radical (unpaired) electrons. The summed E-state index contributed by atoms with van der Waals surface area (Å²) >= 11 is 3.40. The first-order chi connectivity index (χ1) is 18.6. The fourth-order valence-electron chi connectivity index (χ4n) is 4.36. The molecule has 1 aliphatic carbocycles. The molecule has 38 heavy (non-hydrogen) atoms. The molecule has 3 N–H and O–H groups in total. The first kappa shape index (κ1) is 26.7. The van der Waals surface area contributed by atoms with E-state index in [2.05, 4.69) is 51.5 Å². The van der Waals surface area contributed by atoms with Crippen LogP contribution in [0.15, 0.2) is 48.7 Å². The summed E-state index contributed by atoms with van der Waals surface area (Å²) in [5, 5.41) is 10.0. The Morgan fingerprint density at radius 1 is 1.08 bits per heavy atom. The highest BCUT2D eigenvalue weighted by Gasteiger charge is 2.38. The standard InChI is InChI=1S/C27H30N6OS2.C2H6/c1-17-30-25(24(35-17)22-11-15-29-26(32-22)31-18-6-5-14-28-16-18)34-23-10-9-21(33-36-27(2)12-13-27)19-7-3-4-8-20(19)23;1-2/h3-4,7-11,15,18,28,33H,5-6,12-14,16H2,1-2H3,(H,29,31,32);1-2H3. The Morgan fingerprint density at radius 3 is 2.66 bits per heavy atom. The first-order valence-electron chi connectivity index (χ1n) is 13.5. The van der Waals surface area contributed by atoms with Crippen LogP contribution in [0.25, 0.3) is 21.3 Å². The second kappa shape index (κ2) is 11.9. The molecule has 1 saturated heterocycles. The fourth-order valence-corrected chi connectivity index (χ4v) is 6.02. The molecule has 3 heterocycles. The second-order valence-corrected chi connectivity index (χ2v) is 12.3. The molecule has 1 atom stereocenters. The van der Waals surface area contributed by atoms with Crippen molar-refractivity contribution in [3.63, 3.8) is 0 Å². The average Bonchev–Trinajstić information content (AvgIpc) is 3.58. The van der Waals surface area contributed by atoms with Gasteiger partial charge in [0.05, 0.1) is 16.4 Å². The third-order valence-corrected chi connectivity index (χ3v) is 8.87. The molecule has 0 amide bonds. The number of thiazole rings is 1. The molecular formula is C29H36N6OS2. The van der Waals surface area contributed by atoms with Crippen LogP contribution >= 0.6 is 23.3 Å². The average molecular weight is 549 g/mol. The minimum Gasteiger partial charge on any atom is -0.437 e. The van der Waals surface area contributed by atoms with Crippen molar-refractivity contribution in [3.05, 3.63) is 53.7 Å². The molecular weight excluding hydrogens is 512 g/mol. The van der Waals surface area contributed by atoms with Gasteiger partial charge in [0, 0.05) is 34.3 Å². The lowest BCUT2D eigenvalue weighted by Crippen LogP contribution is -2.38. The van der Waals surface area contributed by atoms with Crippen molar-refractivity contribution < 1.29 is 4.74 Å². The quantitative estimate of drug-likeness (QED) is 0.194. The summed E-state index contributed by atoms with van der Waals surface area (Å²) in [6.45, 7) is 10.3. The smallest absolute Gasteiger partial charge is 0.240 e. The van der Waals surface area contributed by atoms with E-state index in [1.807, 2.05) is 50.9 Å². The monoisotopic (exact) mass is 548 g/mol. The van der Waals surface area contributed by atoms with Crippen LogP contribution in [0.4, 0.5) is 11.6 Å². The molecule has 4 aromatic rings. The number of fused-ring (bicyclic) bond motifs is 1. The summed E-state index contributed by atoms with van der Waals surface area (Å²) < 4.78 is 10.4. The third kappa shape index (κ3) is 6.22. The van der Waals surface area contributed by atoms with Crippen molar-refractivity contribution in [2.75, 3.05) is 23.1 Å². The SMILES string of the molecule is CC.Cc1nc(Oc2ccc(NSC3(C)CC3)c3ccccc23)c(-c2ccnc(NC3CCCNC3)n2)s1. The van der Waals surface area contributed by atoms with Crippen LogP contribution in [0, 0.1) is 6.92 Å². The van der Waals surface area contributed by atoms with E-state index in [9.17, 15) is 0 Å². The van der Waals surface area contributed by atoms with Gasteiger partial charge in [-0.3, -0.25) is 0 Å². The predicted molar refractivity (Wildman–Crippen MR) is 162 cm³/mol. The predicted octanol–water partition coefficient (Wildman–Crippen LogP) is 7.66. The number of piperidine rings is 1. The highest BCUT2D eigenvalue weighted by atomic mass is 32.2. The molecule has 2 aromatic carbocycles. The van der Waals surface area contributed by atoms with Gasteiger partial charge in [-0.15, -0.1) is 11.3 Å². The zero-order valence-corrected chi connectivity index (χ0v) is 24.1. The number of benzene rings is 2. The van der Waals surface area contributed by atoms with Gasteiger partial charge in [0.15, 0.2) is 0 Å². The number of hydrogen-bond acceptors (Lipinski definition) is 9. The summed E-state index contributed by atoms with van der Waals surface area (Å²) in [5.74, 6) is 2.00. The highest BCUT2D eigenvalue weighted by Crippen LogP contribution is 2.48. The van der Waals surface area contributed by atoms with E-state index in [0.717, 1.165) is 63.7 Å². The maximum absolute atomic E-state index is 6.47. The van der Waals surface area contributed by atoms with E-state index < -0.39 is 0 Å². The summed E-state index contributed by atoms with van der Waals surface area (Å²) in [7, 11) is 0. The molecule has 6 rings (SSSR count). The lowest BCUT2D eigenvalue weighted by Gasteiger charge is -2.23. The Hall–Kier alpha value is -2.88. The number of nitrogens with zero attached hydrogens (tertiary/aromatic N) is 3. The van der Waals surface area contributed by atoms with Crippen molar-refractivity contribution >= 4 is 45.7 Å². The first-order valence-corrected chi connectivity index (χ1v) is 15.1. The molecule has 1 aliphatic heterocycles. The van der Waals surface area contributed by atoms with Gasteiger partial charge < -0.3 is 20.1 Å². The van der Waals surface area contributed by atoms with E-state index in [1.165, 1.54) is 12.8 Å². The Bertz CT molecular complexity index is 1380. The van der Waals surface area contributed by atoms with Gasteiger partial charge >= 0.3 is 0 Å². The lowest BCUT2D eigenvalue weighted by atomic mass is 10.1. The van der Waals surface area contributed by atoms with Crippen LogP contribution in [0.3, 0.4) is 0 Å². The third-order valence-electron chi connectivity index (χ3n) is 6.67. The van der Waals surface area contributed by atoms with Gasteiger partial charge in [0.25, 0.3) is 0 Å². The maximum Gasteiger partial charge on any atom is 0.240 e. The molecule has 200 valence electrons. The van der Waals surface area contributed by atoms with E-state index in [1.54, 1.807) is 17.5 Å². The van der Waals surface area contributed by atoms with E-state index in [4.69, 9.17) is 14.7 Å². The molecule has 2 fully saturated rings. The number of anilines is 2. The molecule has 1 unspecified atom stereocenters. The summed E-state index contributed by atoms with van der Waals surface area (Å²) in [5.41, 5.74) is 1.92. The minimum atomic E-state index is 0.340. The van der Waals surface area contributed by atoms with Crippen molar-refractivity contribution in [3.8, 4) is 22.2 Å². The topological polar surface area (TPSA) is 84.0 Å². The van der Waals surface area contributed by atoms with Gasteiger partial charge in [0.2, 0.25) is 11.8 Å². The van der Waals surface area contributed by atoms with Crippen molar-refractivity contribution in [1.82, 2.24) is 20.3 Å². The van der Waals surface area contributed by atoms with E-state index >= 15 is 0 Å². The van der Waals surface area contributed by atoms with E-state index in [0.29, 0.717) is 22.6 Å². The zero-order valence-electron chi connectivity index (χ0n) is 22.5. The number of aryl methyl sites for hydroxylation is 1. The molecule has 7 nitrogen and oxygen atoms in total. The lowest BCUT2D eigenvalue weighted by molar-refractivity contribution is 0.472. The van der Waals surface area contributed by atoms with Gasteiger partial charge in [-0.1, -0.05) is 38.1 Å². The van der Waals surface area contributed by atoms with Gasteiger partial charge in [0.1, 0.15) is 10.6 Å². The van der Waals surface area contributed by atoms with Crippen LogP contribution in [0.1, 0.15) is 51.5 Å². The number of nitrogens with one attached hydrogen (secondary N) is 3. The van der Waals surface area contributed by atoms with Crippen molar-refractivity contribution in [2.45, 2.75) is 64.2 Å². The van der Waals surface area contributed by atoms with Crippen LogP contribution in [0.2, 0.25) is 0 Å². The summed E-state index contributed by atoms with van der Waals surface area (Å²) in [4.78, 5) is 14.9. The normalized spacial score (nSPS) is 17.8. The molecule has 0 bridgehead atoms. The van der Waals surface area contributed by atoms with Crippen LogP contribution in [-0.4, -0.2) is 38.8 Å². The number of hydrogen-bond donors (Lipinski definition) is 3. The fraction of sp³-hybridized carbons (Fsp3) is 0.414. The molecule has 0 spiro atoms. The highest BCUT2D eigenvalue weighted by molar-refractivity contribution is 8.02. The molecule has 9 heteroatoms. The molecule has 2 aromatic heterocycles. The molecule has 1 saturated carbocycles. The molecule has 2 aliphatic rings. The van der Waals surface area contributed by atoms with Gasteiger partial charge in [-0.2, -0.15) is 0 Å². The summed E-state index contributed by atoms with van der Waals surface area (Å²) in [6.07, 6.45) is 6.59. The Morgan fingerprint density at radius 2 is 1.89 bits per heavy atom. The van der Waals surface area contributed by atoms with E-state index in [-0.39, 0.29) is 0 Å². The van der Waals surface area contributed by atoms with Crippen molar-refractivity contribution in [2.24, 2.45) is 0 Å². The number of aromatic nitrogens is 3. The van der Waals surface area contributed by atoms with Crippen LogP contribution in [-0.2, 0) is 0 Å². The Labute approximate surface area is 233 Å². The van der Waals surface area contributed by atoms with Crippen LogP contribution < -0.4 is 20.1 Å². The van der Waals surface area contributed by atoms with Crippen LogP contribution in [0.5, 0.6) is 11.6 Å². The second-order valence-electron chi connectivity index (χ2n) is 9.73. The Kier molecular flexibility index (Phi) is 8.35. The summed E-state index contributed by atoms with van der Waals surface area (Å²) in [6, 6.07) is 14.7. The van der Waals surface area contributed by atoms with Gasteiger partial charge in [-0.25, -0.2) is 15.0 Å². The zero-order chi connectivity index (χ0) is 26.5. The largest absolute Gasteiger partial charge is 0.437 e. The Balaban J connectivity index is 0.00000144. The number of rotatable bonds is 8. The number of ether oxygens (including phenoxy) is 1. The van der Waals surface area contributed by atoms with Crippen molar-refractivity contribution in [1.29, 1.82) is 0 Å². The van der Waals surface area contributed by atoms with Gasteiger partial charge in [-0.05, 0) is 76.2 Å².